The molecule has 0 aliphatic heterocycles. The van der Waals surface area contributed by atoms with Gasteiger partial charge >= 0.3 is 0 Å². The molecule has 1 atom stereocenters. The Labute approximate surface area is 102 Å². The van der Waals surface area contributed by atoms with Gasteiger partial charge in [-0.25, -0.2) is 17.2 Å². The Balaban J connectivity index is 2.47. The van der Waals surface area contributed by atoms with Gasteiger partial charge in [0.15, 0.2) is 5.01 Å². The van der Waals surface area contributed by atoms with Gasteiger partial charge in [0, 0.05) is 12.3 Å². The van der Waals surface area contributed by atoms with Gasteiger partial charge in [-0.1, -0.05) is 11.3 Å². The van der Waals surface area contributed by atoms with Crippen molar-refractivity contribution in [3.05, 3.63) is 5.01 Å². The van der Waals surface area contributed by atoms with Crippen molar-refractivity contribution in [3.8, 4) is 0 Å². The normalized spacial score (nSPS) is 13.9. The number of alkyl halides is 2. The first-order valence-electron chi connectivity index (χ1n) is 4.84. The van der Waals surface area contributed by atoms with Crippen LogP contribution in [-0.4, -0.2) is 36.7 Å². The maximum Gasteiger partial charge on any atom is 0.291 e. The van der Waals surface area contributed by atoms with Crippen LogP contribution >= 0.6 is 11.3 Å². The van der Waals surface area contributed by atoms with Gasteiger partial charge in [0.1, 0.15) is 9.84 Å². The molecular weight excluding hydrogens is 272 g/mol. The molecule has 0 saturated carbocycles. The van der Waals surface area contributed by atoms with E-state index >= 15 is 0 Å². The highest BCUT2D eigenvalue weighted by Gasteiger charge is 2.15. The van der Waals surface area contributed by atoms with Crippen LogP contribution in [0.15, 0.2) is 0 Å². The first-order valence-corrected chi connectivity index (χ1v) is 7.71. The molecule has 1 unspecified atom stereocenters. The number of anilines is 1. The minimum Gasteiger partial charge on any atom is -0.358 e. The summed E-state index contributed by atoms with van der Waals surface area (Å²) in [5, 5.41) is 9.64. The van der Waals surface area contributed by atoms with E-state index in [1.165, 1.54) is 0 Å². The smallest absolute Gasteiger partial charge is 0.291 e. The van der Waals surface area contributed by atoms with Gasteiger partial charge in [-0.15, -0.1) is 10.2 Å². The van der Waals surface area contributed by atoms with Crippen molar-refractivity contribution in [2.24, 2.45) is 0 Å². The Hall–Kier alpha value is -0.830. The first kappa shape index (κ1) is 14.2. The highest BCUT2D eigenvalue weighted by molar-refractivity contribution is 7.90. The van der Waals surface area contributed by atoms with Crippen LogP contribution in [0.4, 0.5) is 13.9 Å². The van der Waals surface area contributed by atoms with E-state index in [0.717, 1.165) is 17.6 Å². The summed E-state index contributed by atoms with van der Waals surface area (Å²) in [4.78, 5) is 0. The van der Waals surface area contributed by atoms with Crippen LogP contribution in [0, 0.1) is 0 Å². The molecule has 98 valence electrons. The molecule has 0 amide bonds. The number of rotatable bonds is 6. The minimum atomic E-state index is -3.01. The number of nitrogens with one attached hydrogen (secondary N) is 1. The molecule has 0 fully saturated rings. The van der Waals surface area contributed by atoms with E-state index in [4.69, 9.17) is 0 Å². The van der Waals surface area contributed by atoms with Crippen LogP contribution in [0.2, 0.25) is 0 Å². The summed E-state index contributed by atoms with van der Waals surface area (Å²) < 4.78 is 46.3. The topological polar surface area (TPSA) is 72.0 Å². The Morgan fingerprint density at radius 1 is 1.41 bits per heavy atom. The summed E-state index contributed by atoms with van der Waals surface area (Å²) in [5.74, 6) is 0.0433. The third-order valence-corrected chi connectivity index (χ3v) is 3.76. The lowest BCUT2D eigenvalue weighted by molar-refractivity contribution is 0.150. The Bertz CT molecular complexity index is 461. The first-order chi connectivity index (χ1) is 7.78. The van der Waals surface area contributed by atoms with Gasteiger partial charge in [-0.2, -0.15) is 0 Å². The standard InChI is InChI=1S/C8H13F2N3O2S2/c1-5(3-4-17(2,14)15)11-8-13-12-7(16-8)6(9)10/h5-6H,3-4H2,1-2H3,(H,11,13). The second-order valence-corrected chi connectivity index (χ2v) is 6.98. The Morgan fingerprint density at radius 3 is 2.53 bits per heavy atom. The maximum atomic E-state index is 12.2. The van der Waals surface area contributed by atoms with Crippen molar-refractivity contribution < 1.29 is 17.2 Å². The van der Waals surface area contributed by atoms with Gasteiger partial charge in [0.25, 0.3) is 6.43 Å². The van der Waals surface area contributed by atoms with Crippen molar-refractivity contribution in [2.45, 2.75) is 25.8 Å². The predicted molar refractivity (Wildman–Crippen MR) is 62.3 cm³/mol. The predicted octanol–water partition coefficient (Wildman–Crippen LogP) is 1.71. The van der Waals surface area contributed by atoms with Gasteiger partial charge in [-0.3, -0.25) is 0 Å². The van der Waals surface area contributed by atoms with Crippen molar-refractivity contribution in [1.82, 2.24) is 10.2 Å². The number of sulfone groups is 1. The summed E-state index contributed by atoms with van der Waals surface area (Å²) in [6.45, 7) is 1.76. The van der Waals surface area contributed by atoms with Gasteiger partial charge < -0.3 is 5.32 Å². The fraction of sp³-hybridized carbons (Fsp3) is 0.750. The zero-order valence-electron chi connectivity index (χ0n) is 9.35. The van der Waals surface area contributed by atoms with Crippen LogP contribution in [0.1, 0.15) is 24.8 Å². The number of halogens is 2. The summed E-state index contributed by atoms with van der Waals surface area (Å²) in [6, 6.07) is -0.164. The average molecular weight is 285 g/mol. The highest BCUT2D eigenvalue weighted by atomic mass is 32.2. The summed E-state index contributed by atoms with van der Waals surface area (Å²) in [6.07, 6.45) is -1.09. The molecule has 1 N–H and O–H groups in total. The number of nitrogens with zero attached hydrogens (tertiary/aromatic N) is 2. The quantitative estimate of drug-likeness (QED) is 0.861. The zero-order chi connectivity index (χ0) is 13.1. The molecule has 1 aromatic rings. The minimum absolute atomic E-state index is 0.0433. The van der Waals surface area contributed by atoms with Crippen molar-refractivity contribution in [1.29, 1.82) is 0 Å². The average Bonchev–Trinajstić information content (AvgIpc) is 2.62. The van der Waals surface area contributed by atoms with Gasteiger partial charge in [-0.05, 0) is 13.3 Å². The van der Waals surface area contributed by atoms with Crippen molar-refractivity contribution in [2.75, 3.05) is 17.3 Å². The van der Waals surface area contributed by atoms with Crippen LogP contribution in [0.3, 0.4) is 0 Å². The van der Waals surface area contributed by atoms with E-state index in [2.05, 4.69) is 15.5 Å². The number of aromatic nitrogens is 2. The molecular formula is C8H13F2N3O2S2. The zero-order valence-corrected chi connectivity index (χ0v) is 11.0. The molecule has 9 heteroatoms. The Kier molecular flexibility index (Phi) is 4.75. The monoisotopic (exact) mass is 285 g/mol. The molecule has 5 nitrogen and oxygen atoms in total. The van der Waals surface area contributed by atoms with Crippen molar-refractivity contribution in [3.63, 3.8) is 0 Å². The van der Waals surface area contributed by atoms with Crippen molar-refractivity contribution >= 4 is 26.3 Å². The van der Waals surface area contributed by atoms with Crippen LogP contribution in [-0.2, 0) is 9.84 Å². The fourth-order valence-corrected chi connectivity index (χ4v) is 2.55. The molecule has 1 rings (SSSR count). The van der Waals surface area contributed by atoms with E-state index in [-0.39, 0.29) is 21.9 Å². The molecule has 0 aliphatic carbocycles. The lowest BCUT2D eigenvalue weighted by atomic mass is 10.3. The second-order valence-electron chi connectivity index (χ2n) is 3.71. The fourth-order valence-electron chi connectivity index (χ4n) is 1.05. The van der Waals surface area contributed by atoms with Gasteiger partial charge in [0.2, 0.25) is 5.13 Å². The molecule has 0 spiro atoms. The van der Waals surface area contributed by atoms with Crippen LogP contribution < -0.4 is 5.32 Å². The molecule has 0 radical (unpaired) electrons. The number of hydrogen-bond acceptors (Lipinski definition) is 6. The molecule has 1 aromatic heterocycles. The second kappa shape index (κ2) is 5.67. The molecule has 17 heavy (non-hydrogen) atoms. The molecule has 0 saturated heterocycles. The molecule has 0 aromatic carbocycles. The van der Waals surface area contributed by atoms with Crippen LogP contribution in [0.25, 0.3) is 0 Å². The Morgan fingerprint density at radius 2 is 2.06 bits per heavy atom. The third-order valence-electron chi connectivity index (χ3n) is 1.92. The molecule has 0 aliphatic rings. The lowest BCUT2D eigenvalue weighted by Crippen LogP contribution is -2.19. The number of hydrogen-bond donors (Lipinski definition) is 1. The van der Waals surface area contributed by atoms with E-state index in [1.807, 2.05) is 0 Å². The molecule has 0 bridgehead atoms. The summed E-state index contributed by atoms with van der Waals surface area (Å²) in [7, 11) is -3.01. The van der Waals surface area contributed by atoms with E-state index in [1.54, 1.807) is 6.92 Å². The van der Waals surface area contributed by atoms with E-state index in [0.29, 0.717) is 6.42 Å². The molecule has 1 heterocycles. The van der Waals surface area contributed by atoms with E-state index in [9.17, 15) is 17.2 Å². The lowest BCUT2D eigenvalue weighted by Gasteiger charge is -2.10. The highest BCUT2D eigenvalue weighted by Crippen LogP contribution is 2.25. The third kappa shape index (κ3) is 5.35. The largest absolute Gasteiger partial charge is 0.358 e. The summed E-state index contributed by atoms with van der Waals surface area (Å²) in [5.41, 5.74) is 0. The van der Waals surface area contributed by atoms with Gasteiger partial charge in [0.05, 0.1) is 5.75 Å². The SMILES string of the molecule is CC(CCS(C)(=O)=O)Nc1nnc(C(F)F)s1. The van der Waals surface area contributed by atoms with E-state index < -0.39 is 16.3 Å². The summed E-state index contributed by atoms with van der Waals surface area (Å²) >= 11 is 0.770. The maximum absolute atomic E-state index is 12.2. The van der Waals surface area contributed by atoms with Crippen LogP contribution in [0.5, 0.6) is 0 Å².